The molecule has 0 spiro atoms. The van der Waals surface area contributed by atoms with Crippen molar-refractivity contribution >= 4 is 54.8 Å². The van der Waals surface area contributed by atoms with Crippen molar-refractivity contribution in [2.75, 3.05) is 5.32 Å². The van der Waals surface area contributed by atoms with E-state index in [4.69, 9.17) is 0 Å². The van der Waals surface area contributed by atoms with E-state index in [2.05, 4.69) is 52.5 Å². The quantitative estimate of drug-likeness (QED) is 0.389. The number of benzene rings is 1. The summed E-state index contributed by atoms with van der Waals surface area (Å²) < 4.78 is 3.33. The average molecular weight is 505 g/mol. The van der Waals surface area contributed by atoms with Crippen LogP contribution in [0.3, 0.4) is 0 Å². The van der Waals surface area contributed by atoms with E-state index < -0.39 is 0 Å². The van der Waals surface area contributed by atoms with Crippen molar-refractivity contribution in [1.82, 2.24) is 20.0 Å². The van der Waals surface area contributed by atoms with E-state index in [-0.39, 0.29) is 5.91 Å². The highest BCUT2D eigenvalue weighted by atomic mass is 79.9. The predicted molar refractivity (Wildman–Crippen MR) is 112 cm³/mol. The monoisotopic (exact) mass is 503 g/mol. The molecule has 1 aromatic carbocycles. The van der Waals surface area contributed by atoms with Gasteiger partial charge in [0.15, 0.2) is 0 Å². The predicted octanol–water partition coefficient (Wildman–Crippen LogP) is 5.17. The summed E-state index contributed by atoms with van der Waals surface area (Å²) in [5.74, 6) is -0.132. The van der Waals surface area contributed by atoms with Gasteiger partial charge in [0.2, 0.25) is 0 Å². The van der Waals surface area contributed by atoms with Gasteiger partial charge in [0, 0.05) is 21.1 Å². The number of pyridine rings is 1. The van der Waals surface area contributed by atoms with Crippen LogP contribution in [0.4, 0.5) is 5.69 Å². The van der Waals surface area contributed by atoms with E-state index in [9.17, 15) is 4.79 Å². The normalized spacial score (nSPS) is 10.7. The standard InChI is InChI=1S/C18H11Br2N5OS/c19-12-7-16(27-10-12)18(26)22-13-3-1-11(2-4-13)15-9-25(24-23-15)14-5-6-17(20)21-8-14/h1-10H,(H,22,26). The first kappa shape index (κ1) is 18.0. The average Bonchev–Trinajstić information content (AvgIpc) is 3.32. The van der Waals surface area contributed by atoms with Crippen LogP contribution in [0.5, 0.6) is 0 Å². The largest absolute Gasteiger partial charge is 0.321 e. The van der Waals surface area contributed by atoms with Gasteiger partial charge in [0.05, 0.1) is 23.0 Å². The highest BCUT2D eigenvalue weighted by Crippen LogP contribution is 2.23. The minimum atomic E-state index is -0.132. The summed E-state index contributed by atoms with van der Waals surface area (Å²) in [5.41, 5.74) is 3.18. The Balaban J connectivity index is 1.49. The summed E-state index contributed by atoms with van der Waals surface area (Å²) in [7, 11) is 0. The third-order valence-electron chi connectivity index (χ3n) is 3.70. The van der Waals surface area contributed by atoms with Crippen molar-refractivity contribution in [2.45, 2.75) is 0 Å². The molecule has 0 unspecified atom stereocenters. The fraction of sp³-hybridized carbons (Fsp3) is 0. The van der Waals surface area contributed by atoms with Gasteiger partial charge in [0.25, 0.3) is 5.91 Å². The summed E-state index contributed by atoms with van der Waals surface area (Å²) in [6.45, 7) is 0. The van der Waals surface area contributed by atoms with Gasteiger partial charge < -0.3 is 5.32 Å². The second-order valence-electron chi connectivity index (χ2n) is 5.55. The van der Waals surface area contributed by atoms with Crippen LogP contribution in [0, 0.1) is 0 Å². The van der Waals surface area contributed by atoms with Gasteiger partial charge in [-0.3, -0.25) is 4.79 Å². The highest BCUT2D eigenvalue weighted by Gasteiger charge is 2.10. The maximum Gasteiger partial charge on any atom is 0.265 e. The first-order valence-electron chi connectivity index (χ1n) is 7.78. The van der Waals surface area contributed by atoms with E-state index in [0.717, 1.165) is 31.7 Å². The zero-order valence-corrected chi connectivity index (χ0v) is 17.6. The lowest BCUT2D eigenvalue weighted by atomic mass is 10.1. The van der Waals surface area contributed by atoms with Crippen LogP contribution in [-0.2, 0) is 0 Å². The van der Waals surface area contributed by atoms with E-state index in [1.165, 1.54) is 11.3 Å². The first-order valence-corrected chi connectivity index (χ1v) is 10.3. The molecule has 0 fully saturated rings. The molecule has 0 aliphatic carbocycles. The molecule has 0 aliphatic rings. The minimum absolute atomic E-state index is 0.132. The lowest BCUT2D eigenvalue weighted by Gasteiger charge is -2.04. The fourth-order valence-electron chi connectivity index (χ4n) is 2.37. The Hall–Kier alpha value is -2.36. The van der Waals surface area contributed by atoms with Crippen LogP contribution in [0.2, 0.25) is 0 Å². The number of thiophene rings is 1. The van der Waals surface area contributed by atoms with E-state index in [1.807, 2.05) is 48.0 Å². The Morgan fingerprint density at radius 1 is 1.11 bits per heavy atom. The molecule has 0 radical (unpaired) electrons. The molecule has 6 nitrogen and oxygen atoms in total. The van der Waals surface area contributed by atoms with Crippen molar-refractivity contribution in [3.8, 4) is 16.9 Å². The molecule has 0 saturated heterocycles. The SMILES string of the molecule is O=C(Nc1ccc(-c2cn(-c3ccc(Br)nc3)nn2)cc1)c1cc(Br)cs1. The second kappa shape index (κ2) is 7.71. The van der Waals surface area contributed by atoms with E-state index >= 15 is 0 Å². The van der Waals surface area contributed by atoms with Crippen molar-refractivity contribution < 1.29 is 4.79 Å². The number of carbonyl (C=O) groups excluding carboxylic acids is 1. The second-order valence-corrected chi connectivity index (χ2v) is 8.19. The third kappa shape index (κ3) is 4.15. The molecule has 1 amide bonds. The zero-order chi connectivity index (χ0) is 18.8. The molecule has 0 atom stereocenters. The van der Waals surface area contributed by atoms with Crippen LogP contribution >= 0.6 is 43.2 Å². The minimum Gasteiger partial charge on any atom is -0.321 e. The van der Waals surface area contributed by atoms with Gasteiger partial charge in [-0.2, -0.15) is 0 Å². The van der Waals surface area contributed by atoms with Gasteiger partial charge in [-0.05, 0) is 62.2 Å². The lowest BCUT2D eigenvalue weighted by Crippen LogP contribution is -2.09. The summed E-state index contributed by atoms with van der Waals surface area (Å²) in [4.78, 5) is 17.0. The number of nitrogens with one attached hydrogen (secondary N) is 1. The molecule has 0 bridgehead atoms. The fourth-order valence-corrected chi connectivity index (χ4v) is 3.93. The lowest BCUT2D eigenvalue weighted by molar-refractivity contribution is 0.103. The summed E-state index contributed by atoms with van der Waals surface area (Å²) in [5, 5.41) is 13.1. The maximum atomic E-state index is 12.2. The molecule has 1 N–H and O–H groups in total. The van der Waals surface area contributed by atoms with Crippen molar-refractivity contribution in [2.24, 2.45) is 0 Å². The van der Waals surface area contributed by atoms with Crippen LogP contribution < -0.4 is 5.32 Å². The van der Waals surface area contributed by atoms with Gasteiger partial charge in [-0.15, -0.1) is 16.4 Å². The van der Waals surface area contributed by atoms with E-state index in [1.54, 1.807) is 16.9 Å². The van der Waals surface area contributed by atoms with Crippen molar-refractivity contribution in [1.29, 1.82) is 0 Å². The van der Waals surface area contributed by atoms with Gasteiger partial charge >= 0.3 is 0 Å². The van der Waals surface area contributed by atoms with Crippen LogP contribution in [0.15, 0.2) is 69.3 Å². The molecule has 3 aromatic heterocycles. The Morgan fingerprint density at radius 3 is 2.59 bits per heavy atom. The Kier molecular flexibility index (Phi) is 5.15. The molecule has 3 heterocycles. The molecule has 4 aromatic rings. The molecule has 4 rings (SSSR count). The third-order valence-corrected chi connectivity index (χ3v) is 5.86. The number of carbonyl (C=O) groups is 1. The zero-order valence-electron chi connectivity index (χ0n) is 13.6. The first-order chi connectivity index (χ1) is 13.1. The molecule has 27 heavy (non-hydrogen) atoms. The number of halogens is 2. The summed E-state index contributed by atoms with van der Waals surface area (Å²) in [6.07, 6.45) is 3.55. The Labute approximate surface area is 175 Å². The number of nitrogens with zero attached hydrogens (tertiary/aromatic N) is 4. The molecule has 0 aliphatic heterocycles. The molecular formula is C18H11Br2N5OS. The number of rotatable bonds is 4. The molecule has 134 valence electrons. The number of amides is 1. The van der Waals surface area contributed by atoms with Crippen LogP contribution in [-0.4, -0.2) is 25.9 Å². The van der Waals surface area contributed by atoms with Crippen LogP contribution in [0.1, 0.15) is 9.67 Å². The number of aromatic nitrogens is 4. The number of anilines is 1. The Morgan fingerprint density at radius 2 is 1.93 bits per heavy atom. The number of hydrogen-bond donors (Lipinski definition) is 1. The van der Waals surface area contributed by atoms with Crippen molar-refractivity contribution in [3.63, 3.8) is 0 Å². The van der Waals surface area contributed by atoms with Crippen LogP contribution in [0.25, 0.3) is 16.9 Å². The van der Waals surface area contributed by atoms with Gasteiger partial charge in [-0.1, -0.05) is 17.3 Å². The molecule has 0 saturated carbocycles. The van der Waals surface area contributed by atoms with E-state index in [0.29, 0.717) is 4.88 Å². The van der Waals surface area contributed by atoms with Gasteiger partial charge in [0.1, 0.15) is 10.3 Å². The summed E-state index contributed by atoms with van der Waals surface area (Å²) >= 11 is 8.05. The van der Waals surface area contributed by atoms with Gasteiger partial charge in [-0.25, -0.2) is 9.67 Å². The summed E-state index contributed by atoms with van der Waals surface area (Å²) in [6, 6.07) is 13.0. The Bertz CT molecular complexity index is 1090. The highest BCUT2D eigenvalue weighted by molar-refractivity contribution is 9.10. The van der Waals surface area contributed by atoms with Crippen molar-refractivity contribution in [3.05, 3.63) is 74.2 Å². The smallest absolute Gasteiger partial charge is 0.265 e. The maximum absolute atomic E-state index is 12.2. The molecular weight excluding hydrogens is 494 g/mol. The topological polar surface area (TPSA) is 72.7 Å². The number of hydrogen-bond acceptors (Lipinski definition) is 5. The molecule has 9 heteroatoms.